The van der Waals surface area contributed by atoms with E-state index >= 15 is 0 Å². The Balaban J connectivity index is 1.76. The topological polar surface area (TPSA) is 114 Å². The maximum atomic E-state index is 13.8. The monoisotopic (exact) mass is 502 g/mol. The van der Waals surface area contributed by atoms with Gasteiger partial charge in [0, 0.05) is 12.3 Å². The molecule has 0 bridgehead atoms. The van der Waals surface area contributed by atoms with Crippen molar-refractivity contribution in [2.75, 3.05) is 24.9 Å². The molecule has 0 unspecified atom stereocenters. The Labute approximate surface area is 215 Å². The van der Waals surface area contributed by atoms with Gasteiger partial charge in [-0.25, -0.2) is 0 Å². The van der Waals surface area contributed by atoms with Crippen LogP contribution in [0.5, 0.6) is 11.5 Å². The van der Waals surface area contributed by atoms with E-state index in [1.54, 1.807) is 78.9 Å². The Kier molecular flexibility index (Phi) is 7.59. The van der Waals surface area contributed by atoms with Gasteiger partial charge in [0.15, 0.2) is 0 Å². The van der Waals surface area contributed by atoms with Crippen LogP contribution in [0.25, 0.3) is 0 Å². The summed E-state index contributed by atoms with van der Waals surface area (Å²) in [4.78, 5) is 40.8. The Hall–Kier alpha value is -4.17. The van der Waals surface area contributed by atoms with Gasteiger partial charge >= 0.3 is 0 Å². The van der Waals surface area contributed by atoms with Gasteiger partial charge in [-0.2, -0.15) is 0 Å². The lowest BCUT2D eigenvalue weighted by molar-refractivity contribution is -0.150. The lowest BCUT2D eigenvalue weighted by Crippen LogP contribution is -2.56. The minimum atomic E-state index is -1.70. The summed E-state index contributed by atoms with van der Waals surface area (Å²) in [6, 6.07) is 22.6. The summed E-state index contributed by atoms with van der Waals surface area (Å²) in [5, 5.41) is 17.1. The zero-order chi connectivity index (χ0) is 26.6. The number of rotatable bonds is 7. The highest BCUT2D eigenvalue weighted by molar-refractivity contribution is 6.11. The molecule has 192 valence electrons. The molecule has 0 radical (unpaired) electrons. The molecule has 0 aliphatic heterocycles. The van der Waals surface area contributed by atoms with Crippen molar-refractivity contribution in [3.05, 3.63) is 84.4 Å². The van der Waals surface area contributed by atoms with Crippen LogP contribution in [-0.4, -0.2) is 42.5 Å². The standard InChI is InChI=1S/C29H30N2O6/c1-29(35)17-21(32)25(27(33)30-19-13-7-9-15-22(19)36-2)24(18-11-5-4-6-12-18)26(29)28(34)31-20-14-8-10-16-23(20)37-3/h4-16,24-26,35H,17H2,1-3H3,(H,30,33)(H,31,34)/t24-,25-,26+,29-/m0/s1. The summed E-state index contributed by atoms with van der Waals surface area (Å²) in [6.45, 7) is 1.46. The van der Waals surface area contributed by atoms with Gasteiger partial charge in [-0.05, 0) is 36.8 Å². The number of aliphatic hydroxyl groups is 1. The number of nitrogens with one attached hydrogen (secondary N) is 2. The molecule has 0 aromatic heterocycles. The number of benzene rings is 3. The lowest BCUT2D eigenvalue weighted by Gasteiger charge is -2.44. The molecular formula is C29H30N2O6. The molecular weight excluding hydrogens is 472 g/mol. The Bertz CT molecular complexity index is 1290. The maximum absolute atomic E-state index is 13.8. The van der Waals surface area contributed by atoms with Crippen LogP contribution in [0.15, 0.2) is 78.9 Å². The van der Waals surface area contributed by atoms with Gasteiger partial charge in [-0.1, -0.05) is 54.6 Å². The van der Waals surface area contributed by atoms with E-state index in [1.807, 2.05) is 0 Å². The van der Waals surface area contributed by atoms with Gasteiger partial charge in [0.1, 0.15) is 23.2 Å². The largest absolute Gasteiger partial charge is 0.495 e. The molecule has 4 atom stereocenters. The molecule has 8 nitrogen and oxygen atoms in total. The number of hydrogen-bond donors (Lipinski definition) is 3. The Morgan fingerprint density at radius 2 is 1.30 bits per heavy atom. The quantitative estimate of drug-likeness (QED) is 0.421. The fourth-order valence-electron chi connectivity index (χ4n) is 5.08. The van der Waals surface area contributed by atoms with Crippen molar-refractivity contribution in [2.24, 2.45) is 11.8 Å². The molecule has 0 heterocycles. The van der Waals surface area contributed by atoms with Gasteiger partial charge in [0.25, 0.3) is 0 Å². The molecule has 8 heteroatoms. The minimum absolute atomic E-state index is 0.357. The molecule has 1 aliphatic carbocycles. The van der Waals surface area contributed by atoms with Gasteiger partial charge < -0.3 is 25.2 Å². The molecule has 3 N–H and O–H groups in total. The first kappa shape index (κ1) is 25.9. The number of methoxy groups -OCH3 is 2. The highest BCUT2D eigenvalue weighted by Gasteiger charge is 2.56. The van der Waals surface area contributed by atoms with Crippen molar-refractivity contribution >= 4 is 29.0 Å². The second-order valence-corrected chi connectivity index (χ2v) is 9.27. The average Bonchev–Trinajstić information content (AvgIpc) is 2.88. The molecule has 3 aromatic rings. The van der Waals surface area contributed by atoms with Crippen LogP contribution < -0.4 is 20.1 Å². The molecule has 1 fully saturated rings. The van der Waals surface area contributed by atoms with Gasteiger partial charge in [-0.3, -0.25) is 14.4 Å². The Morgan fingerprint density at radius 3 is 1.84 bits per heavy atom. The van der Waals surface area contributed by atoms with E-state index in [0.29, 0.717) is 28.4 Å². The number of carbonyl (C=O) groups excluding carboxylic acids is 3. The van der Waals surface area contributed by atoms with Crippen LogP contribution >= 0.6 is 0 Å². The van der Waals surface area contributed by atoms with Crippen LogP contribution in [0.2, 0.25) is 0 Å². The molecule has 2 amide bonds. The molecule has 37 heavy (non-hydrogen) atoms. The summed E-state index contributed by atoms with van der Waals surface area (Å²) < 4.78 is 10.7. The first-order chi connectivity index (χ1) is 17.8. The first-order valence-electron chi connectivity index (χ1n) is 11.9. The summed E-state index contributed by atoms with van der Waals surface area (Å²) >= 11 is 0. The fraction of sp³-hybridized carbons (Fsp3) is 0.276. The number of anilines is 2. The van der Waals surface area contributed by atoms with Crippen LogP contribution in [0.3, 0.4) is 0 Å². The zero-order valence-corrected chi connectivity index (χ0v) is 20.9. The van der Waals surface area contributed by atoms with E-state index in [2.05, 4.69) is 10.6 Å². The minimum Gasteiger partial charge on any atom is -0.495 e. The molecule has 4 rings (SSSR count). The number of Topliss-reactive ketones (excluding diaryl/α,β-unsaturated/α-hetero) is 1. The third kappa shape index (κ3) is 5.34. The predicted octanol–water partition coefficient (Wildman–Crippen LogP) is 4.02. The number of carbonyl (C=O) groups is 3. The fourth-order valence-corrected chi connectivity index (χ4v) is 5.08. The van der Waals surface area contributed by atoms with Gasteiger partial charge in [0.05, 0.1) is 37.1 Å². The Morgan fingerprint density at radius 1 is 0.811 bits per heavy atom. The third-order valence-corrected chi connectivity index (χ3v) is 6.75. The summed E-state index contributed by atoms with van der Waals surface area (Å²) in [5.74, 6) is -3.93. The van der Waals surface area contributed by atoms with E-state index in [4.69, 9.17) is 9.47 Å². The second-order valence-electron chi connectivity index (χ2n) is 9.27. The van der Waals surface area contributed by atoms with Crippen LogP contribution in [-0.2, 0) is 14.4 Å². The van der Waals surface area contributed by atoms with Crippen LogP contribution in [0.1, 0.15) is 24.8 Å². The van der Waals surface area contributed by atoms with Crippen molar-refractivity contribution < 1.29 is 29.0 Å². The normalized spacial score (nSPS) is 23.1. The van der Waals surface area contributed by atoms with E-state index in [9.17, 15) is 19.5 Å². The maximum Gasteiger partial charge on any atom is 0.235 e. The molecule has 0 spiro atoms. The number of amides is 2. The van der Waals surface area contributed by atoms with Crippen LogP contribution in [0, 0.1) is 11.8 Å². The highest BCUT2D eigenvalue weighted by Crippen LogP contribution is 2.47. The zero-order valence-electron chi connectivity index (χ0n) is 20.9. The number of hydrogen-bond acceptors (Lipinski definition) is 6. The van der Waals surface area contributed by atoms with Gasteiger partial charge in [-0.15, -0.1) is 0 Å². The number of ether oxygens (including phenoxy) is 2. The van der Waals surface area contributed by atoms with E-state index < -0.39 is 41.0 Å². The molecule has 3 aromatic carbocycles. The van der Waals surface area contributed by atoms with Gasteiger partial charge in [0.2, 0.25) is 11.8 Å². The molecule has 1 aliphatic rings. The van der Waals surface area contributed by atoms with Crippen molar-refractivity contribution in [3.8, 4) is 11.5 Å². The number of para-hydroxylation sites is 4. The summed E-state index contributed by atoms with van der Waals surface area (Å²) in [6.07, 6.45) is -0.357. The average molecular weight is 503 g/mol. The van der Waals surface area contributed by atoms with E-state index in [0.717, 1.165) is 0 Å². The van der Waals surface area contributed by atoms with Crippen molar-refractivity contribution in [2.45, 2.75) is 24.9 Å². The first-order valence-corrected chi connectivity index (χ1v) is 11.9. The summed E-state index contributed by atoms with van der Waals surface area (Å²) in [5.41, 5.74) is -0.284. The molecule has 1 saturated carbocycles. The lowest BCUT2D eigenvalue weighted by atomic mass is 9.61. The second kappa shape index (κ2) is 10.8. The third-order valence-electron chi connectivity index (χ3n) is 6.75. The smallest absolute Gasteiger partial charge is 0.235 e. The highest BCUT2D eigenvalue weighted by atomic mass is 16.5. The SMILES string of the molecule is COc1ccccc1NC(=O)[C@H]1C(=O)C[C@](C)(O)[C@@H](C(=O)Nc2ccccc2OC)[C@H]1c1ccccc1. The van der Waals surface area contributed by atoms with Crippen molar-refractivity contribution in [1.82, 2.24) is 0 Å². The van der Waals surface area contributed by atoms with Crippen LogP contribution in [0.4, 0.5) is 11.4 Å². The molecule has 0 saturated heterocycles. The van der Waals surface area contributed by atoms with Crippen molar-refractivity contribution in [1.29, 1.82) is 0 Å². The van der Waals surface area contributed by atoms with Crippen molar-refractivity contribution in [3.63, 3.8) is 0 Å². The van der Waals surface area contributed by atoms with E-state index in [1.165, 1.54) is 21.1 Å². The van der Waals surface area contributed by atoms with E-state index in [-0.39, 0.29) is 6.42 Å². The summed E-state index contributed by atoms with van der Waals surface area (Å²) in [7, 11) is 2.98. The number of ketones is 1. The predicted molar refractivity (Wildman–Crippen MR) is 140 cm³/mol.